The number of imidazole rings is 1. The molecule has 1 aliphatic rings. The second kappa shape index (κ2) is 7.61. The molecule has 0 unspecified atom stereocenters. The van der Waals surface area contributed by atoms with E-state index in [9.17, 15) is 9.59 Å². The van der Waals surface area contributed by atoms with Gasteiger partial charge >= 0.3 is 12.1 Å². The molecule has 152 valence electrons. The summed E-state index contributed by atoms with van der Waals surface area (Å²) in [6.07, 6.45) is 4.48. The van der Waals surface area contributed by atoms with Gasteiger partial charge in [-0.05, 0) is 46.0 Å². The van der Waals surface area contributed by atoms with Gasteiger partial charge in [0.1, 0.15) is 17.4 Å². The zero-order chi connectivity index (χ0) is 20.5. The van der Waals surface area contributed by atoms with Crippen LogP contribution in [0.5, 0.6) is 0 Å². The van der Waals surface area contributed by atoms with E-state index in [1.54, 1.807) is 27.1 Å². The lowest BCUT2D eigenvalue weighted by molar-refractivity contribution is -0.138. The predicted octanol–water partition coefficient (Wildman–Crippen LogP) is 2.12. The zero-order valence-corrected chi connectivity index (χ0v) is 16.3. The minimum atomic E-state index is -0.840. The highest BCUT2D eigenvalue weighted by atomic mass is 16.6. The molecule has 0 bridgehead atoms. The van der Waals surface area contributed by atoms with E-state index in [1.165, 1.54) is 6.33 Å². The number of carboxylic acids is 1. The van der Waals surface area contributed by atoms with Gasteiger partial charge in [0.25, 0.3) is 0 Å². The predicted molar refractivity (Wildman–Crippen MR) is 102 cm³/mol. The smallest absolute Gasteiger partial charge is 0.407 e. The normalized spacial score (nSPS) is 22.8. The Morgan fingerprint density at radius 1 is 1.32 bits per heavy atom. The minimum Gasteiger partial charge on any atom is -0.481 e. The Hall–Kier alpha value is -2.91. The number of carboxylic acid groups (broad SMARTS) is 1. The number of carbonyl (C=O) groups excluding carboxylic acids is 1. The molecule has 1 amide bonds. The summed E-state index contributed by atoms with van der Waals surface area (Å²) in [7, 11) is 0. The molecule has 2 aromatic heterocycles. The Bertz CT molecular complexity index is 875. The second-order valence-corrected chi connectivity index (χ2v) is 8.18. The largest absolute Gasteiger partial charge is 0.481 e. The Morgan fingerprint density at radius 3 is 2.75 bits per heavy atom. The molecule has 1 fully saturated rings. The van der Waals surface area contributed by atoms with Crippen molar-refractivity contribution in [1.82, 2.24) is 24.8 Å². The first kappa shape index (κ1) is 19.8. The molecule has 3 atom stereocenters. The summed E-state index contributed by atoms with van der Waals surface area (Å²) in [4.78, 5) is 36.1. The summed E-state index contributed by atoms with van der Waals surface area (Å²) in [5, 5.41) is 12.1. The topological polar surface area (TPSA) is 145 Å². The average molecular weight is 390 g/mol. The highest BCUT2D eigenvalue weighted by Gasteiger charge is 2.35. The summed E-state index contributed by atoms with van der Waals surface area (Å²) in [6, 6.07) is -0.460. The first-order valence-corrected chi connectivity index (χ1v) is 9.28. The number of aliphatic carboxylic acids is 1. The fraction of sp³-hybridized carbons (Fsp3) is 0.611. The maximum atomic E-state index is 12.4. The molecule has 1 saturated carbocycles. The SMILES string of the molecule is CC(C)(C)OC(=O)N[C@H]1C[C@H](CC(=O)O)CC[C@H]1n1cnc2c(N)ncnc21. The molecule has 28 heavy (non-hydrogen) atoms. The van der Waals surface area contributed by atoms with E-state index in [4.69, 9.17) is 15.6 Å². The quantitative estimate of drug-likeness (QED) is 0.719. The van der Waals surface area contributed by atoms with E-state index < -0.39 is 17.7 Å². The Balaban J connectivity index is 1.87. The summed E-state index contributed by atoms with van der Waals surface area (Å²) in [5.41, 5.74) is 6.35. The monoisotopic (exact) mass is 390 g/mol. The van der Waals surface area contributed by atoms with Crippen molar-refractivity contribution >= 4 is 29.0 Å². The number of carbonyl (C=O) groups is 2. The Kier molecular flexibility index (Phi) is 5.39. The van der Waals surface area contributed by atoms with Gasteiger partial charge in [0.2, 0.25) is 0 Å². The number of nitrogens with one attached hydrogen (secondary N) is 1. The molecular formula is C18H26N6O4. The number of hydrogen-bond acceptors (Lipinski definition) is 7. The van der Waals surface area contributed by atoms with Crippen LogP contribution in [0.4, 0.5) is 10.6 Å². The Labute approximate surface area is 162 Å². The molecule has 10 heteroatoms. The summed E-state index contributed by atoms with van der Waals surface area (Å²) in [6.45, 7) is 5.38. The third-order valence-electron chi connectivity index (χ3n) is 4.83. The van der Waals surface area contributed by atoms with Gasteiger partial charge in [-0.2, -0.15) is 0 Å². The summed E-state index contributed by atoms with van der Waals surface area (Å²) in [5.74, 6) is -0.573. The number of aromatic nitrogens is 4. The number of rotatable bonds is 4. The van der Waals surface area contributed by atoms with Crippen LogP contribution in [-0.2, 0) is 9.53 Å². The van der Waals surface area contributed by atoms with Crippen LogP contribution in [0.15, 0.2) is 12.7 Å². The lowest BCUT2D eigenvalue weighted by atomic mass is 9.80. The van der Waals surface area contributed by atoms with Crippen LogP contribution < -0.4 is 11.1 Å². The molecule has 0 saturated heterocycles. The van der Waals surface area contributed by atoms with E-state index in [0.29, 0.717) is 29.8 Å². The van der Waals surface area contributed by atoms with Crippen LogP contribution >= 0.6 is 0 Å². The van der Waals surface area contributed by atoms with Crippen LogP contribution in [0, 0.1) is 5.92 Å². The molecule has 2 heterocycles. The van der Waals surface area contributed by atoms with Crippen molar-refractivity contribution in [3.8, 4) is 0 Å². The van der Waals surface area contributed by atoms with E-state index in [2.05, 4.69) is 20.3 Å². The standard InChI is InChI=1S/C18H26N6O4/c1-18(2,3)28-17(27)23-11-6-10(7-13(25)26)4-5-12(11)24-9-22-14-15(19)20-8-21-16(14)24/h8-12H,4-7H2,1-3H3,(H,23,27)(H,25,26)(H2,19,20,21)/t10-,11+,12-/m1/s1. The number of anilines is 1. The van der Waals surface area contributed by atoms with Crippen molar-refractivity contribution in [1.29, 1.82) is 0 Å². The Morgan fingerprint density at radius 2 is 2.07 bits per heavy atom. The van der Waals surface area contributed by atoms with E-state index in [1.807, 2.05) is 4.57 Å². The van der Waals surface area contributed by atoms with Crippen molar-refractivity contribution in [2.75, 3.05) is 5.73 Å². The number of alkyl carbamates (subject to hydrolysis) is 1. The molecule has 0 spiro atoms. The van der Waals surface area contributed by atoms with Crippen molar-refractivity contribution < 1.29 is 19.4 Å². The molecule has 3 rings (SSSR count). The summed E-state index contributed by atoms with van der Waals surface area (Å²) < 4.78 is 7.27. The number of nitrogens with zero attached hydrogens (tertiary/aromatic N) is 4. The van der Waals surface area contributed by atoms with Crippen LogP contribution in [0.2, 0.25) is 0 Å². The number of fused-ring (bicyclic) bond motifs is 1. The van der Waals surface area contributed by atoms with E-state index in [0.717, 1.165) is 6.42 Å². The molecule has 0 aliphatic heterocycles. The van der Waals surface area contributed by atoms with Gasteiger partial charge in [-0.25, -0.2) is 19.7 Å². The zero-order valence-electron chi connectivity index (χ0n) is 16.3. The van der Waals surface area contributed by atoms with E-state index >= 15 is 0 Å². The number of nitrogens with two attached hydrogens (primary N) is 1. The number of hydrogen-bond donors (Lipinski definition) is 3. The van der Waals surface area contributed by atoms with Gasteiger partial charge in [0.05, 0.1) is 18.4 Å². The van der Waals surface area contributed by atoms with Crippen LogP contribution in [-0.4, -0.2) is 48.3 Å². The van der Waals surface area contributed by atoms with Crippen molar-refractivity contribution in [2.45, 2.75) is 64.1 Å². The van der Waals surface area contributed by atoms with E-state index in [-0.39, 0.29) is 24.4 Å². The summed E-state index contributed by atoms with van der Waals surface area (Å²) >= 11 is 0. The van der Waals surface area contributed by atoms with Crippen molar-refractivity contribution in [2.24, 2.45) is 5.92 Å². The maximum Gasteiger partial charge on any atom is 0.407 e. The highest BCUT2D eigenvalue weighted by molar-refractivity contribution is 5.81. The van der Waals surface area contributed by atoms with Gasteiger partial charge in [-0.15, -0.1) is 0 Å². The first-order chi connectivity index (χ1) is 13.1. The van der Waals surface area contributed by atoms with Crippen LogP contribution in [0.3, 0.4) is 0 Å². The average Bonchev–Trinajstić information content (AvgIpc) is 2.98. The van der Waals surface area contributed by atoms with Gasteiger partial charge in [-0.1, -0.05) is 0 Å². The molecule has 1 aliphatic carbocycles. The van der Waals surface area contributed by atoms with Crippen molar-refractivity contribution in [3.63, 3.8) is 0 Å². The fourth-order valence-corrected chi connectivity index (χ4v) is 3.73. The molecule has 4 N–H and O–H groups in total. The third kappa shape index (κ3) is 4.49. The van der Waals surface area contributed by atoms with Crippen molar-refractivity contribution in [3.05, 3.63) is 12.7 Å². The second-order valence-electron chi connectivity index (χ2n) is 8.18. The molecular weight excluding hydrogens is 364 g/mol. The lowest BCUT2D eigenvalue weighted by Crippen LogP contribution is -2.46. The van der Waals surface area contributed by atoms with Crippen LogP contribution in [0.25, 0.3) is 11.2 Å². The maximum absolute atomic E-state index is 12.4. The third-order valence-corrected chi connectivity index (χ3v) is 4.83. The van der Waals surface area contributed by atoms with Gasteiger partial charge < -0.3 is 25.5 Å². The number of nitrogen functional groups attached to an aromatic ring is 1. The lowest BCUT2D eigenvalue weighted by Gasteiger charge is -2.37. The highest BCUT2D eigenvalue weighted by Crippen LogP contribution is 2.36. The molecule has 2 aromatic rings. The molecule has 0 radical (unpaired) electrons. The van der Waals surface area contributed by atoms with Gasteiger partial charge in [0.15, 0.2) is 11.5 Å². The number of ether oxygens (including phenoxy) is 1. The first-order valence-electron chi connectivity index (χ1n) is 9.28. The minimum absolute atomic E-state index is 0.0248. The molecule has 0 aromatic carbocycles. The number of amides is 1. The van der Waals surface area contributed by atoms with Crippen LogP contribution in [0.1, 0.15) is 52.5 Å². The van der Waals surface area contributed by atoms with Gasteiger partial charge in [0, 0.05) is 6.42 Å². The fourth-order valence-electron chi connectivity index (χ4n) is 3.73. The van der Waals surface area contributed by atoms with Gasteiger partial charge in [-0.3, -0.25) is 4.79 Å². The molecule has 10 nitrogen and oxygen atoms in total.